The standard InChI is InChI=1S/C13H16FNO2/c1-3-7-15(8-9-16)12-6-4-5-11(14)13(12)10(2)17/h3-6,16H,1,7-9H2,2H3. The third kappa shape index (κ3) is 3.14. The van der Waals surface area contributed by atoms with E-state index in [-0.39, 0.29) is 18.0 Å². The number of carbonyl (C=O) groups is 1. The fourth-order valence-corrected chi connectivity index (χ4v) is 1.71. The highest BCUT2D eigenvalue weighted by molar-refractivity contribution is 6.00. The minimum atomic E-state index is -0.540. The number of halogens is 1. The van der Waals surface area contributed by atoms with Gasteiger partial charge in [-0.3, -0.25) is 4.79 Å². The van der Waals surface area contributed by atoms with E-state index in [2.05, 4.69) is 6.58 Å². The second-order valence-corrected chi connectivity index (χ2v) is 3.65. The number of ketones is 1. The van der Waals surface area contributed by atoms with E-state index in [1.807, 2.05) is 0 Å². The van der Waals surface area contributed by atoms with Crippen molar-refractivity contribution >= 4 is 11.5 Å². The molecule has 1 N–H and O–H groups in total. The average molecular weight is 237 g/mol. The third-order valence-corrected chi connectivity index (χ3v) is 2.40. The Morgan fingerprint density at radius 1 is 1.59 bits per heavy atom. The molecule has 0 saturated carbocycles. The van der Waals surface area contributed by atoms with Crippen LogP contribution in [0.2, 0.25) is 0 Å². The molecule has 0 saturated heterocycles. The van der Waals surface area contributed by atoms with Gasteiger partial charge in [-0.15, -0.1) is 6.58 Å². The molecular formula is C13H16FNO2. The molecule has 0 amide bonds. The molecule has 17 heavy (non-hydrogen) atoms. The molecule has 0 fully saturated rings. The highest BCUT2D eigenvalue weighted by atomic mass is 19.1. The summed E-state index contributed by atoms with van der Waals surface area (Å²) in [6, 6.07) is 4.47. The van der Waals surface area contributed by atoms with Crippen molar-refractivity contribution in [2.24, 2.45) is 0 Å². The van der Waals surface area contributed by atoms with Crippen LogP contribution >= 0.6 is 0 Å². The molecule has 92 valence electrons. The summed E-state index contributed by atoms with van der Waals surface area (Å²) in [6.45, 7) is 5.64. The normalized spacial score (nSPS) is 10.1. The van der Waals surface area contributed by atoms with Crippen molar-refractivity contribution in [3.8, 4) is 0 Å². The first kappa shape index (κ1) is 13.4. The van der Waals surface area contributed by atoms with E-state index >= 15 is 0 Å². The van der Waals surface area contributed by atoms with Gasteiger partial charge in [0.15, 0.2) is 5.78 Å². The molecule has 0 spiro atoms. The zero-order chi connectivity index (χ0) is 12.8. The Labute approximate surface area is 100 Å². The molecule has 0 heterocycles. The van der Waals surface area contributed by atoms with Crippen LogP contribution in [0.1, 0.15) is 17.3 Å². The SMILES string of the molecule is C=CCN(CCO)c1cccc(F)c1C(C)=O. The summed E-state index contributed by atoms with van der Waals surface area (Å²) in [5, 5.41) is 8.97. The molecule has 1 aromatic carbocycles. The van der Waals surface area contributed by atoms with Crippen LogP contribution in [0.4, 0.5) is 10.1 Å². The number of aliphatic hydroxyl groups is 1. The highest BCUT2D eigenvalue weighted by Crippen LogP contribution is 2.23. The van der Waals surface area contributed by atoms with E-state index in [4.69, 9.17) is 5.11 Å². The number of carbonyl (C=O) groups excluding carboxylic acids is 1. The zero-order valence-corrected chi connectivity index (χ0v) is 9.82. The van der Waals surface area contributed by atoms with Gasteiger partial charge in [0.05, 0.1) is 17.9 Å². The molecule has 0 aromatic heterocycles. The van der Waals surface area contributed by atoms with Crippen LogP contribution < -0.4 is 4.90 Å². The smallest absolute Gasteiger partial charge is 0.164 e. The van der Waals surface area contributed by atoms with E-state index in [1.54, 1.807) is 23.1 Å². The largest absolute Gasteiger partial charge is 0.395 e. The van der Waals surface area contributed by atoms with Crippen molar-refractivity contribution in [3.63, 3.8) is 0 Å². The molecular weight excluding hydrogens is 221 g/mol. The molecule has 0 radical (unpaired) electrons. The fourth-order valence-electron chi connectivity index (χ4n) is 1.71. The molecule has 0 bridgehead atoms. The summed E-state index contributed by atoms with van der Waals surface area (Å²) in [6.07, 6.45) is 1.64. The molecule has 0 aliphatic heterocycles. The molecule has 0 unspecified atom stereocenters. The first-order valence-electron chi connectivity index (χ1n) is 5.38. The van der Waals surface area contributed by atoms with Gasteiger partial charge < -0.3 is 10.0 Å². The molecule has 3 nitrogen and oxygen atoms in total. The Morgan fingerprint density at radius 3 is 2.82 bits per heavy atom. The van der Waals surface area contributed by atoms with Gasteiger partial charge in [-0.25, -0.2) is 4.39 Å². The first-order chi connectivity index (χ1) is 8.11. The lowest BCUT2D eigenvalue weighted by molar-refractivity contribution is 0.101. The molecule has 0 aliphatic rings. The number of hydrogen-bond acceptors (Lipinski definition) is 3. The van der Waals surface area contributed by atoms with E-state index in [9.17, 15) is 9.18 Å². The molecule has 0 atom stereocenters. The van der Waals surface area contributed by atoms with Crippen LogP contribution in [-0.4, -0.2) is 30.6 Å². The van der Waals surface area contributed by atoms with Crippen LogP contribution in [0.15, 0.2) is 30.9 Å². The van der Waals surface area contributed by atoms with Crippen LogP contribution in [0.5, 0.6) is 0 Å². The quantitative estimate of drug-likeness (QED) is 0.608. The highest BCUT2D eigenvalue weighted by Gasteiger charge is 2.16. The Balaban J connectivity index is 3.21. The van der Waals surface area contributed by atoms with Crippen LogP contribution in [0, 0.1) is 5.82 Å². The lowest BCUT2D eigenvalue weighted by Gasteiger charge is -2.24. The van der Waals surface area contributed by atoms with Crippen molar-refractivity contribution < 1.29 is 14.3 Å². The van der Waals surface area contributed by atoms with E-state index < -0.39 is 5.82 Å². The Kier molecular flexibility index (Phi) is 4.84. The number of nitrogens with zero attached hydrogens (tertiary/aromatic N) is 1. The molecule has 1 aromatic rings. The van der Waals surface area contributed by atoms with Gasteiger partial charge in [0.1, 0.15) is 5.82 Å². The van der Waals surface area contributed by atoms with Crippen LogP contribution in [-0.2, 0) is 0 Å². The predicted molar refractivity (Wildman–Crippen MR) is 65.9 cm³/mol. The number of anilines is 1. The van der Waals surface area contributed by atoms with E-state index in [0.717, 1.165) is 0 Å². The van der Waals surface area contributed by atoms with Gasteiger partial charge >= 0.3 is 0 Å². The van der Waals surface area contributed by atoms with Gasteiger partial charge in [0, 0.05) is 13.1 Å². The maximum Gasteiger partial charge on any atom is 0.164 e. The summed E-state index contributed by atoms with van der Waals surface area (Å²) in [5.41, 5.74) is 0.550. The Morgan fingerprint density at radius 2 is 2.29 bits per heavy atom. The van der Waals surface area contributed by atoms with Crippen molar-refractivity contribution in [1.82, 2.24) is 0 Å². The van der Waals surface area contributed by atoms with Gasteiger partial charge in [-0.1, -0.05) is 12.1 Å². The number of Topliss-reactive ketones (excluding diaryl/α,β-unsaturated/α-hetero) is 1. The summed E-state index contributed by atoms with van der Waals surface area (Å²) in [5.74, 6) is -0.868. The van der Waals surface area contributed by atoms with Crippen molar-refractivity contribution in [1.29, 1.82) is 0 Å². The molecule has 1 rings (SSSR count). The maximum atomic E-state index is 13.6. The average Bonchev–Trinajstić information content (AvgIpc) is 2.28. The van der Waals surface area contributed by atoms with Gasteiger partial charge in [-0.05, 0) is 19.1 Å². The molecule has 4 heteroatoms. The lowest BCUT2D eigenvalue weighted by atomic mass is 10.1. The summed E-state index contributed by atoms with van der Waals surface area (Å²) < 4.78 is 13.6. The van der Waals surface area contributed by atoms with Crippen molar-refractivity contribution in [2.45, 2.75) is 6.92 Å². The van der Waals surface area contributed by atoms with Crippen molar-refractivity contribution in [2.75, 3.05) is 24.6 Å². The summed E-state index contributed by atoms with van der Waals surface area (Å²) in [4.78, 5) is 13.2. The monoisotopic (exact) mass is 237 g/mol. The topological polar surface area (TPSA) is 40.5 Å². The van der Waals surface area contributed by atoms with E-state index in [1.165, 1.54) is 13.0 Å². The van der Waals surface area contributed by atoms with Gasteiger partial charge in [-0.2, -0.15) is 0 Å². The predicted octanol–water partition coefficient (Wildman–Crippen LogP) is 2.01. The minimum Gasteiger partial charge on any atom is -0.395 e. The Bertz CT molecular complexity index is 418. The van der Waals surface area contributed by atoms with Crippen LogP contribution in [0.25, 0.3) is 0 Å². The lowest BCUT2D eigenvalue weighted by Crippen LogP contribution is -2.28. The summed E-state index contributed by atoms with van der Waals surface area (Å²) >= 11 is 0. The molecule has 0 aliphatic carbocycles. The zero-order valence-electron chi connectivity index (χ0n) is 9.82. The second-order valence-electron chi connectivity index (χ2n) is 3.65. The number of rotatable bonds is 6. The van der Waals surface area contributed by atoms with Gasteiger partial charge in [0.2, 0.25) is 0 Å². The maximum absolute atomic E-state index is 13.6. The van der Waals surface area contributed by atoms with Crippen LogP contribution in [0.3, 0.4) is 0 Å². The van der Waals surface area contributed by atoms with Gasteiger partial charge in [0.25, 0.3) is 0 Å². The number of benzene rings is 1. The fraction of sp³-hybridized carbons (Fsp3) is 0.308. The second kappa shape index (κ2) is 6.15. The number of hydrogen-bond donors (Lipinski definition) is 1. The van der Waals surface area contributed by atoms with Crippen molar-refractivity contribution in [3.05, 3.63) is 42.2 Å². The first-order valence-corrected chi connectivity index (χ1v) is 5.38. The van der Waals surface area contributed by atoms with E-state index in [0.29, 0.717) is 18.8 Å². The Hall–Kier alpha value is -1.68. The summed E-state index contributed by atoms with van der Waals surface area (Å²) in [7, 11) is 0. The minimum absolute atomic E-state index is 0.0581. The third-order valence-electron chi connectivity index (χ3n) is 2.40. The number of aliphatic hydroxyl groups excluding tert-OH is 1.